The van der Waals surface area contributed by atoms with Gasteiger partial charge >= 0.3 is 0 Å². The Morgan fingerprint density at radius 1 is 1.56 bits per heavy atom. The molecule has 0 aromatic heterocycles. The molecule has 0 bridgehead atoms. The Morgan fingerprint density at radius 2 is 2.36 bits per heavy atom. The SMILES string of the molecule is CCOc1cc(C=C(C#N)C(=O)NCC2CCCO2)cc(Cl)c1OC. The Labute approximate surface area is 152 Å². The molecular formula is C18H21ClN2O4. The van der Waals surface area contributed by atoms with Crippen molar-refractivity contribution in [1.29, 1.82) is 5.26 Å². The van der Waals surface area contributed by atoms with Crippen molar-refractivity contribution in [3.63, 3.8) is 0 Å². The van der Waals surface area contributed by atoms with E-state index in [9.17, 15) is 10.1 Å². The van der Waals surface area contributed by atoms with E-state index in [1.54, 1.807) is 12.1 Å². The third-order valence-corrected chi connectivity index (χ3v) is 4.01. The maximum atomic E-state index is 12.2. The number of benzene rings is 1. The van der Waals surface area contributed by atoms with Crippen LogP contribution in [0.5, 0.6) is 11.5 Å². The molecule has 1 saturated heterocycles. The molecule has 6 nitrogen and oxygen atoms in total. The number of carbonyl (C=O) groups excluding carboxylic acids is 1. The van der Waals surface area contributed by atoms with Crippen molar-refractivity contribution in [3.8, 4) is 17.6 Å². The third kappa shape index (κ3) is 5.12. The number of carbonyl (C=O) groups is 1. The van der Waals surface area contributed by atoms with Crippen molar-refractivity contribution >= 4 is 23.6 Å². The lowest BCUT2D eigenvalue weighted by molar-refractivity contribution is -0.117. The summed E-state index contributed by atoms with van der Waals surface area (Å²) in [7, 11) is 1.50. The van der Waals surface area contributed by atoms with Crippen LogP contribution >= 0.6 is 11.6 Å². The first kappa shape index (κ1) is 19.1. The van der Waals surface area contributed by atoms with Crippen LogP contribution in [0.4, 0.5) is 0 Å². The molecule has 0 saturated carbocycles. The van der Waals surface area contributed by atoms with E-state index in [4.69, 9.17) is 25.8 Å². The molecule has 1 aliphatic rings. The van der Waals surface area contributed by atoms with Gasteiger partial charge in [-0.05, 0) is 43.5 Å². The zero-order valence-electron chi connectivity index (χ0n) is 14.3. The van der Waals surface area contributed by atoms with Gasteiger partial charge in [-0.3, -0.25) is 4.79 Å². The van der Waals surface area contributed by atoms with Crippen LogP contribution in [0, 0.1) is 11.3 Å². The van der Waals surface area contributed by atoms with Gasteiger partial charge < -0.3 is 19.5 Å². The average Bonchev–Trinajstić information content (AvgIpc) is 3.11. The van der Waals surface area contributed by atoms with Crippen LogP contribution in [-0.4, -0.2) is 38.9 Å². The summed E-state index contributed by atoms with van der Waals surface area (Å²) >= 11 is 6.19. The summed E-state index contributed by atoms with van der Waals surface area (Å²) in [6.07, 6.45) is 3.39. The van der Waals surface area contributed by atoms with E-state index in [0.717, 1.165) is 12.8 Å². The number of nitrogens with zero attached hydrogens (tertiary/aromatic N) is 1. The number of rotatable bonds is 7. The number of methoxy groups -OCH3 is 1. The maximum Gasteiger partial charge on any atom is 0.262 e. The lowest BCUT2D eigenvalue weighted by Crippen LogP contribution is -2.32. The number of amides is 1. The zero-order chi connectivity index (χ0) is 18.2. The molecule has 7 heteroatoms. The quantitative estimate of drug-likeness (QED) is 0.594. The molecule has 1 heterocycles. The molecule has 1 aromatic carbocycles. The summed E-state index contributed by atoms with van der Waals surface area (Å²) in [5.74, 6) is 0.436. The van der Waals surface area contributed by atoms with E-state index in [0.29, 0.717) is 41.8 Å². The lowest BCUT2D eigenvalue weighted by Gasteiger charge is -2.12. The van der Waals surface area contributed by atoms with Gasteiger partial charge in [0.25, 0.3) is 5.91 Å². The van der Waals surface area contributed by atoms with Gasteiger partial charge in [0.15, 0.2) is 11.5 Å². The van der Waals surface area contributed by atoms with Crippen LogP contribution in [0.2, 0.25) is 5.02 Å². The molecule has 1 amide bonds. The van der Waals surface area contributed by atoms with E-state index < -0.39 is 5.91 Å². The van der Waals surface area contributed by atoms with Gasteiger partial charge in [-0.25, -0.2) is 0 Å². The number of hydrogen-bond donors (Lipinski definition) is 1. The summed E-state index contributed by atoms with van der Waals surface area (Å²) in [5.41, 5.74) is 0.569. The van der Waals surface area contributed by atoms with Crippen LogP contribution in [-0.2, 0) is 9.53 Å². The summed E-state index contributed by atoms with van der Waals surface area (Å²) < 4.78 is 16.2. The molecule has 0 spiro atoms. The smallest absolute Gasteiger partial charge is 0.262 e. The predicted octanol–water partition coefficient (Wildman–Crippen LogP) is 2.95. The van der Waals surface area contributed by atoms with Crippen molar-refractivity contribution in [2.24, 2.45) is 0 Å². The summed E-state index contributed by atoms with van der Waals surface area (Å²) in [5, 5.41) is 12.4. The molecule has 0 aliphatic carbocycles. The Hall–Kier alpha value is -2.23. The largest absolute Gasteiger partial charge is 0.491 e. The van der Waals surface area contributed by atoms with E-state index >= 15 is 0 Å². The summed E-state index contributed by atoms with van der Waals surface area (Å²) in [4.78, 5) is 12.2. The van der Waals surface area contributed by atoms with Gasteiger partial charge in [0.05, 0.1) is 24.8 Å². The number of ether oxygens (including phenoxy) is 3. The van der Waals surface area contributed by atoms with Crippen molar-refractivity contribution in [2.75, 3.05) is 26.9 Å². The monoisotopic (exact) mass is 364 g/mol. The number of halogens is 1. The third-order valence-electron chi connectivity index (χ3n) is 3.73. The first-order valence-corrected chi connectivity index (χ1v) is 8.48. The van der Waals surface area contributed by atoms with Crippen molar-refractivity contribution < 1.29 is 19.0 Å². The van der Waals surface area contributed by atoms with Gasteiger partial charge in [-0.2, -0.15) is 5.26 Å². The Balaban J connectivity index is 2.17. The van der Waals surface area contributed by atoms with Gasteiger partial charge in [0.1, 0.15) is 11.6 Å². The van der Waals surface area contributed by atoms with Crippen LogP contribution in [0.3, 0.4) is 0 Å². The van der Waals surface area contributed by atoms with Crippen LogP contribution in [0.1, 0.15) is 25.3 Å². The zero-order valence-corrected chi connectivity index (χ0v) is 15.1. The second kappa shape index (κ2) is 9.30. The molecule has 134 valence electrons. The van der Waals surface area contributed by atoms with E-state index in [-0.39, 0.29) is 11.7 Å². The average molecular weight is 365 g/mol. The minimum atomic E-state index is -0.442. The highest BCUT2D eigenvalue weighted by Crippen LogP contribution is 2.36. The molecule has 1 fully saturated rings. The van der Waals surface area contributed by atoms with Gasteiger partial charge in [-0.15, -0.1) is 0 Å². The highest BCUT2D eigenvalue weighted by Gasteiger charge is 2.18. The topological polar surface area (TPSA) is 80.6 Å². The second-order valence-corrected chi connectivity index (χ2v) is 5.89. The van der Waals surface area contributed by atoms with Gasteiger partial charge in [0.2, 0.25) is 0 Å². The highest BCUT2D eigenvalue weighted by molar-refractivity contribution is 6.32. The molecular weight excluding hydrogens is 344 g/mol. The Kier molecular flexibility index (Phi) is 7.11. The summed E-state index contributed by atoms with van der Waals surface area (Å²) in [6.45, 7) is 3.39. The lowest BCUT2D eigenvalue weighted by atomic mass is 10.1. The van der Waals surface area contributed by atoms with Crippen LogP contribution in [0.15, 0.2) is 17.7 Å². The fraction of sp³-hybridized carbons (Fsp3) is 0.444. The minimum Gasteiger partial charge on any atom is -0.491 e. The molecule has 25 heavy (non-hydrogen) atoms. The van der Waals surface area contributed by atoms with Crippen LogP contribution in [0.25, 0.3) is 6.08 Å². The van der Waals surface area contributed by atoms with Crippen molar-refractivity contribution in [1.82, 2.24) is 5.32 Å². The number of nitrogens with one attached hydrogen (secondary N) is 1. The van der Waals surface area contributed by atoms with E-state index in [1.807, 2.05) is 13.0 Å². The molecule has 2 rings (SSSR count). The fourth-order valence-electron chi connectivity index (χ4n) is 2.55. The second-order valence-electron chi connectivity index (χ2n) is 5.48. The predicted molar refractivity (Wildman–Crippen MR) is 94.7 cm³/mol. The number of hydrogen-bond acceptors (Lipinski definition) is 5. The number of nitriles is 1. The fourth-order valence-corrected chi connectivity index (χ4v) is 2.85. The first-order valence-electron chi connectivity index (χ1n) is 8.11. The Morgan fingerprint density at radius 3 is 2.96 bits per heavy atom. The molecule has 1 atom stereocenters. The minimum absolute atomic E-state index is 0.0123. The standard InChI is InChI=1S/C18H21ClN2O4/c1-3-24-16-9-12(8-15(19)17(16)23-2)7-13(10-20)18(22)21-11-14-5-4-6-25-14/h7-9,14H,3-6,11H2,1-2H3,(H,21,22). The Bertz CT molecular complexity index is 691. The highest BCUT2D eigenvalue weighted by atomic mass is 35.5. The summed E-state index contributed by atoms with van der Waals surface area (Å²) in [6, 6.07) is 5.22. The van der Waals surface area contributed by atoms with E-state index in [1.165, 1.54) is 13.2 Å². The molecule has 1 aliphatic heterocycles. The molecule has 0 radical (unpaired) electrons. The maximum absolute atomic E-state index is 12.2. The normalized spacial score (nSPS) is 17.0. The first-order chi connectivity index (χ1) is 12.1. The van der Waals surface area contributed by atoms with E-state index in [2.05, 4.69) is 5.32 Å². The van der Waals surface area contributed by atoms with Crippen LogP contribution < -0.4 is 14.8 Å². The molecule has 1 unspecified atom stereocenters. The molecule has 1 N–H and O–H groups in total. The van der Waals surface area contributed by atoms with Gasteiger partial charge in [0, 0.05) is 13.2 Å². The van der Waals surface area contributed by atoms with Crippen molar-refractivity contribution in [3.05, 3.63) is 28.3 Å². The molecule has 1 aromatic rings. The van der Waals surface area contributed by atoms with Crippen molar-refractivity contribution in [2.45, 2.75) is 25.9 Å². The van der Waals surface area contributed by atoms with Gasteiger partial charge in [-0.1, -0.05) is 11.6 Å².